The lowest BCUT2D eigenvalue weighted by Gasteiger charge is -2.30. The van der Waals surface area contributed by atoms with Crippen molar-refractivity contribution in [2.24, 2.45) is 5.10 Å². The van der Waals surface area contributed by atoms with Crippen LogP contribution in [0.1, 0.15) is 31.4 Å². The van der Waals surface area contributed by atoms with Gasteiger partial charge in [-0.3, -0.25) is 5.01 Å². The van der Waals surface area contributed by atoms with Crippen LogP contribution in [0.4, 0.5) is 5.69 Å². The number of rotatable bonds is 3. The van der Waals surface area contributed by atoms with Gasteiger partial charge in [-0.25, -0.2) is 0 Å². The van der Waals surface area contributed by atoms with Crippen LogP contribution in [0.25, 0.3) is 0 Å². The number of hydrogen-bond acceptors (Lipinski definition) is 3. The van der Waals surface area contributed by atoms with Gasteiger partial charge in [0, 0.05) is 37.3 Å². The Bertz CT molecular complexity index is 820. The van der Waals surface area contributed by atoms with Crippen molar-refractivity contribution < 1.29 is 0 Å². The molecule has 0 radical (unpaired) electrons. The summed E-state index contributed by atoms with van der Waals surface area (Å²) in [6.07, 6.45) is 5.46. The summed E-state index contributed by atoms with van der Waals surface area (Å²) in [6, 6.07) is 19.5. The fourth-order valence-electron chi connectivity index (χ4n) is 4.09. The molecule has 3 heteroatoms. The maximum Gasteiger partial charge on any atom is 0.0700 e. The van der Waals surface area contributed by atoms with Crippen molar-refractivity contribution in [2.75, 3.05) is 18.5 Å². The zero-order chi connectivity index (χ0) is 17.4. The van der Waals surface area contributed by atoms with Crippen LogP contribution in [0.15, 0.2) is 72.0 Å². The highest BCUT2D eigenvalue weighted by Crippen LogP contribution is 2.44. The van der Waals surface area contributed by atoms with E-state index in [1.165, 1.54) is 22.5 Å². The number of hydrazone groups is 1. The molecule has 1 atom stereocenters. The second-order valence-corrected chi connectivity index (χ2v) is 7.46. The lowest BCUT2D eigenvalue weighted by atomic mass is 9.80. The van der Waals surface area contributed by atoms with Gasteiger partial charge in [-0.05, 0) is 23.3 Å². The Morgan fingerprint density at radius 1 is 1.04 bits per heavy atom. The van der Waals surface area contributed by atoms with Crippen LogP contribution in [0.5, 0.6) is 0 Å². The molecule has 2 heterocycles. The summed E-state index contributed by atoms with van der Waals surface area (Å²) in [7, 11) is 2.19. The van der Waals surface area contributed by atoms with E-state index < -0.39 is 0 Å². The Morgan fingerprint density at radius 2 is 1.76 bits per heavy atom. The maximum absolute atomic E-state index is 4.79. The van der Waals surface area contributed by atoms with Crippen molar-refractivity contribution in [2.45, 2.75) is 31.7 Å². The molecule has 4 rings (SSSR count). The number of nitrogens with zero attached hydrogens (tertiary/aromatic N) is 3. The van der Waals surface area contributed by atoms with Crippen molar-refractivity contribution in [1.29, 1.82) is 0 Å². The number of para-hydroxylation sites is 1. The molecule has 0 aromatic heterocycles. The molecular formula is C22H25N3. The first-order valence-electron chi connectivity index (χ1n) is 8.97. The van der Waals surface area contributed by atoms with E-state index >= 15 is 0 Å². The van der Waals surface area contributed by atoms with Crippen LogP contribution in [0.3, 0.4) is 0 Å². The summed E-state index contributed by atoms with van der Waals surface area (Å²) in [5.41, 5.74) is 5.24. The van der Waals surface area contributed by atoms with E-state index in [0.717, 1.165) is 13.0 Å². The third-order valence-corrected chi connectivity index (χ3v) is 5.51. The summed E-state index contributed by atoms with van der Waals surface area (Å²) in [4.78, 5) is 2.38. The van der Waals surface area contributed by atoms with Crippen LogP contribution >= 0.6 is 0 Å². The van der Waals surface area contributed by atoms with Gasteiger partial charge in [0.25, 0.3) is 0 Å². The number of hydrogen-bond donors (Lipinski definition) is 0. The van der Waals surface area contributed by atoms with Gasteiger partial charge in [-0.1, -0.05) is 62.4 Å². The van der Waals surface area contributed by atoms with E-state index in [4.69, 9.17) is 5.10 Å². The molecule has 128 valence electrons. The van der Waals surface area contributed by atoms with Gasteiger partial charge in [0.2, 0.25) is 0 Å². The van der Waals surface area contributed by atoms with Crippen molar-refractivity contribution >= 4 is 11.4 Å². The first-order chi connectivity index (χ1) is 12.1. The Kier molecular flexibility index (Phi) is 3.87. The van der Waals surface area contributed by atoms with E-state index in [1.807, 2.05) is 6.07 Å². The van der Waals surface area contributed by atoms with Crippen LogP contribution in [0.2, 0.25) is 0 Å². The predicted octanol–water partition coefficient (Wildman–Crippen LogP) is 4.41. The Morgan fingerprint density at radius 3 is 2.52 bits per heavy atom. The number of likely N-dealkylation sites (N-methyl/N-ethyl adjacent to an activating group) is 1. The van der Waals surface area contributed by atoms with Crippen LogP contribution in [-0.4, -0.2) is 30.4 Å². The molecule has 2 aliphatic rings. The fraction of sp³-hybridized carbons (Fsp3) is 0.318. The highest BCUT2D eigenvalue weighted by atomic mass is 15.5. The number of benzene rings is 2. The van der Waals surface area contributed by atoms with Crippen molar-refractivity contribution in [1.82, 2.24) is 5.01 Å². The Balaban J connectivity index is 1.54. The van der Waals surface area contributed by atoms with Crippen LogP contribution in [0, 0.1) is 0 Å². The summed E-state index contributed by atoms with van der Waals surface area (Å²) in [6.45, 7) is 5.60. The topological polar surface area (TPSA) is 18.8 Å². The highest BCUT2D eigenvalue weighted by molar-refractivity contribution is 6.01. The molecule has 0 spiro atoms. The second kappa shape index (κ2) is 6.07. The smallest absolute Gasteiger partial charge is 0.0700 e. The molecule has 2 aromatic rings. The Labute approximate surface area is 150 Å². The standard InChI is InChI=1S/C22H25N3/c1-22(2)18-11-7-8-12-20(18)24(3)21(22)14-16-25-15-13-19(23-25)17-9-5-4-6-10-17/h4-12,14,16,21H,13,15H2,1-3H3. The average Bonchev–Trinajstić information content (AvgIpc) is 3.17. The normalized spacial score (nSPS) is 21.7. The van der Waals surface area contributed by atoms with E-state index in [-0.39, 0.29) is 5.41 Å². The van der Waals surface area contributed by atoms with Crippen molar-refractivity contribution in [3.05, 3.63) is 78.0 Å². The zero-order valence-electron chi connectivity index (χ0n) is 15.2. The molecule has 3 nitrogen and oxygen atoms in total. The molecule has 0 amide bonds. The summed E-state index contributed by atoms with van der Waals surface area (Å²) >= 11 is 0. The average molecular weight is 331 g/mol. The lowest BCUT2D eigenvalue weighted by molar-refractivity contribution is 0.428. The summed E-state index contributed by atoms with van der Waals surface area (Å²) < 4.78 is 0. The predicted molar refractivity (Wildman–Crippen MR) is 105 cm³/mol. The molecule has 25 heavy (non-hydrogen) atoms. The van der Waals surface area contributed by atoms with Gasteiger partial charge in [0.1, 0.15) is 0 Å². The minimum atomic E-state index is 0.0908. The van der Waals surface area contributed by atoms with E-state index in [0.29, 0.717) is 6.04 Å². The minimum absolute atomic E-state index is 0.0908. The van der Waals surface area contributed by atoms with Gasteiger partial charge < -0.3 is 4.90 Å². The molecule has 0 fully saturated rings. The van der Waals surface area contributed by atoms with E-state index in [1.54, 1.807) is 0 Å². The number of fused-ring (bicyclic) bond motifs is 1. The van der Waals surface area contributed by atoms with Gasteiger partial charge in [0.15, 0.2) is 0 Å². The molecule has 0 bridgehead atoms. The molecular weight excluding hydrogens is 306 g/mol. The zero-order valence-corrected chi connectivity index (χ0v) is 15.2. The second-order valence-electron chi connectivity index (χ2n) is 7.46. The molecule has 2 aromatic carbocycles. The van der Waals surface area contributed by atoms with Crippen molar-refractivity contribution in [3.63, 3.8) is 0 Å². The monoisotopic (exact) mass is 331 g/mol. The van der Waals surface area contributed by atoms with E-state index in [9.17, 15) is 0 Å². The van der Waals surface area contributed by atoms with Crippen LogP contribution < -0.4 is 4.90 Å². The largest absolute Gasteiger partial charge is 0.367 e. The maximum atomic E-state index is 4.79. The highest BCUT2D eigenvalue weighted by Gasteiger charge is 2.41. The third kappa shape index (κ3) is 2.74. The Hall–Kier alpha value is -2.55. The molecule has 0 saturated heterocycles. The van der Waals surface area contributed by atoms with Crippen LogP contribution in [-0.2, 0) is 5.41 Å². The third-order valence-electron chi connectivity index (χ3n) is 5.51. The SMILES string of the molecule is CN1c2ccccc2C(C)(C)C1C=CN1CCC(c2ccccc2)=N1. The first kappa shape index (κ1) is 15.9. The molecule has 0 aliphatic carbocycles. The van der Waals surface area contributed by atoms with E-state index in [2.05, 4.69) is 91.6 Å². The van der Waals surface area contributed by atoms with Gasteiger partial charge in [0.05, 0.1) is 11.8 Å². The lowest BCUT2D eigenvalue weighted by Crippen LogP contribution is -2.37. The fourth-order valence-corrected chi connectivity index (χ4v) is 4.09. The van der Waals surface area contributed by atoms with Gasteiger partial charge in [-0.15, -0.1) is 0 Å². The summed E-state index contributed by atoms with van der Waals surface area (Å²) in [5, 5.41) is 6.86. The minimum Gasteiger partial charge on any atom is -0.367 e. The first-order valence-corrected chi connectivity index (χ1v) is 8.97. The molecule has 1 unspecified atom stereocenters. The summed E-state index contributed by atoms with van der Waals surface area (Å²) in [5.74, 6) is 0. The number of anilines is 1. The molecule has 2 aliphatic heterocycles. The quantitative estimate of drug-likeness (QED) is 0.830. The van der Waals surface area contributed by atoms with Crippen molar-refractivity contribution in [3.8, 4) is 0 Å². The molecule has 0 N–H and O–H groups in total. The van der Waals surface area contributed by atoms with Gasteiger partial charge in [-0.2, -0.15) is 5.10 Å². The van der Waals surface area contributed by atoms with Gasteiger partial charge >= 0.3 is 0 Å². The molecule has 0 saturated carbocycles.